The highest BCUT2D eigenvalue weighted by molar-refractivity contribution is 5.29. The number of nitrogens with zero attached hydrogens (tertiary/aromatic N) is 2. The van der Waals surface area contributed by atoms with E-state index in [0.29, 0.717) is 5.92 Å². The molecule has 0 saturated carbocycles. The van der Waals surface area contributed by atoms with Crippen molar-refractivity contribution in [3.63, 3.8) is 0 Å². The quantitative estimate of drug-likeness (QED) is 0.871. The van der Waals surface area contributed by atoms with Crippen molar-refractivity contribution >= 4 is 0 Å². The van der Waals surface area contributed by atoms with Gasteiger partial charge in [0.15, 0.2) is 0 Å². The van der Waals surface area contributed by atoms with E-state index in [-0.39, 0.29) is 0 Å². The molecule has 1 fully saturated rings. The highest BCUT2D eigenvalue weighted by Gasteiger charge is 2.20. The summed E-state index contributed by atoms with van der Waals surface area (Å²) in [6, 6.07) is 0. The first-order valence-corrected chi connectivity index (χ1v) is 6.77. The average molecular weight is 233 g/mol. The summed E-state index contributed by atoms with van der Waals surface area (Å²) >= 11 is 0. The Bertz CT molecular complexity index is 358. The zero-order valence-corrected chi connectivity index (χ0v) is 11.2. The smallest absolute Gasteiger partial charge is 0.128 e. The molecule has 1 aromatic heterocycles. The van der Waals surface area contributed by atoms with Gasteiger partial charge in [0.2, 0.25) is 0 Å². The Hall–Kier alpha value is -0.960. The Morgan fingerprint density at radius 3 is 2.24 bits per heavy atom. The molecule has 1 N–H and O–H groups in total. The lowest BCUT2D eigenvalue weighted by Gasteiger charge is -2.25. The van der Waals surface area contributed by atoms with E-state index in [1.807, 2.05) is 0 Å². The molecule has 94 valence electrons. The zero-order chi connectivity index (χ0) is 12.3. The molecule has 1 saturated heterocycles. The van der Waals surface area contributed by atoms with Gasteiger partial charge in [-0.3, -0.25) is 0 Å². The highest BCUT2D eigenvalue weighted by Crippen LogP contribution is 2.29. The van der Waals surface area contributed by atoms with Gasteiger partial charge in [-0.05, 0) is 57.7 Å². The van der Waals surface area contributed by atoms with Gasteiger partial charge in [0.25, 0.3) is 0 Å². The number of hydrogen-bond acceptors (Lipinski definition) is 3. The summed E-state index contributed by atoms with van der Waals surface area (Å²) in [6.45, 7) is 8.71. The second kappa shape index (κ2) is 5.58. The lowest BCUT2D eigenvalue weighted by atomic mass is 9.88. The van der Waals surface area contributed by atoms with E-state index >= 15 is 0 Å². The molecule has 3 heteroatoms. The Labute approximate surface area is 104 Å². The van der Waals surface area contributed by atoms with Crippen molar-refractivity contribution in [1.29, 1.82) is 0 Å². The van der Waals surface area contributed by atoms with Gasteiger partial charge in [-0.15, -0.1) is 0 Å². The van der Waals surface area contributed by atoms with Crippen molar-refractivity contribution in [2.75, 3.05) is 13.1 Å². The van der Waals surface area contributed by atoms with Crippen molar-refractivity contribution in [2.24, 2.45) is 0 Å². The van der Waals surface area contributed by atoms with Gasteiger partial charge in [0.1, 0.15) is 5.82 Å². The van der Waals surface area contributed by atoms with Gasteiger partial charge in [0, 0.05) is 17.8 Å². The molecule has 2 rings (SSSR count). The Morgan fingerprint density at radius 2 is 1.71 bits per heavy atom. The lowest BCUT2D eigenvalue weighted by molar-refractivity contribution is 0.455. The summed E-state index contributed by atoms with van der Waals surface area (Å²) in [7, 11) is 0. The maximum Gasteiger partial charge on any atom is 0.128 e. The molecule has 2 heterocycles. The van der Waals surface area contributed by atoms with Gasteiger partial charge in [0.05, 0.1) is 0 Å². The zero-order valence-electron chi connectivity index (χ0n) is 11.2. The minimum absolute atomic E-state index is 0.659. The summed E-state index contributed by atoms with van der Waals surface area (Å²) in [5.74, 6) is 1.67. The van der Waals surface area contributed by atoms with Gasteiger partial charge in [-0.2, -0.15) is 0 Å². The Balaban J connectivity index is 2.27. The number of nitrogens with one attached hydrogen (secondary N) is 1. The molecule has 0 bridgehead atoms. The summed E-state index contributed by atoms with van der Waals surface area (Å²) in [6.07, 6.45) is 4.55. The average Bonchev–Trinajstić information content (AvgIpc) is 2.30. The van der Waals surface area contributed by atoms with Crippen LogP contribution in [0.15, 0.2) is 0 Å². The SMILES string of the molecule is CCCc1nc(C)c(C2CCNCC2)c(C)n1. The van der Waals surface area contributed by atoms with Crippen molar-refractivity contribution in [3.05, 3.63) is 22.8 Å². The maximum absolute atomic E-state index is 4.67. The molecule has 1 aliphatic rings. The third kappa shape index (κ3) is 2.83. The van der Waals surface area contributed by atoms with Crippen molar-refractivity contribution in [3.8, 4) is 0 Å². The van der Waals surface area contributed by atoms with Crippen molar-refractivity contribution < 1.29 is 0 Å². The summed E-state index contributed by atoms with van der Waals surface area (Å²) < 4.78 is 0. The van der Waals surface area contributed by atoms with Crippen LogP contribution < -0.4 is 5.32 Å². The molecule has 1 aromatic rings. The summed E-state index contributed by atoms with van der Waals surface area (Å²) in [5, 5.41) is 3.41. The van der Waals surface area contributed by atoms with E-state index < -0.39 is 0 Å². The van der Waals surface area contributed by atoms with Crippen LogP contribution in [-0.4, -0.2) is 23.1 Å². The summed E-state index contributed by atoms with van der Waals surface area (Å²) in [5.41, 5.74) is 3.81. The minimum Gasteiger partial charge on any atom is -0.317 e. The van der Waals surface area contributed by atoms with Crippen LogP contribution in [0.3, 0.4) is 0 Å². The van der Waals surface area contributed by atoms with E-state index in [1.54, 1.807) is 0 Å². The monoisotopic (exact) mass is 233 g/mol. The Kier molecular flexibility index (Phi) is 4.11. The van der Waals surface area contributed by atoms with E-state index in [2.05, 4.69) is 36.1 Å². The largest absolute Gasteiger partial charge is 0.317 e. The number of hydrogen-bond donors (Lipinski definition) is 1. The molecule has 0 unspecified atom stereocenters. The van der Waals surface area contributed by atoms with Crippen LogP contribution in [0.4, 0.5) is 0 Å². The fourth-order valence-corrected chi connectivity index (χ4v) is 2.83. The van der Waals surface area contributed by atoms with E-state index in [4.69, 9.17) is 0 Å². The third-order valence-corrected chi connectivity index (χ3v) is 3.59. The molecule has 0 aromatic carbocycles. The van der Waals surface area contributed by atoms with Crippen LogP contribution in [0.25, 0.3) is 0 Å². The van der Waals surface area contributed by atoms with Crippen molar-refractivity contribution in [2.45, 2.75) is 52.4 Å². The maximum atomic E-state index is 4.67. The van der Waals surface area contributed by atoms with E-state index in [0.717, 1.165) is 31.8 Å². The number of aryl methyl sites for hydroxylation is 3. The highest BCUT2D eigenvalue weighted by atomic mass is 14.9. The van der Waals surface area contributed by atoms with Crippen LogP contribution in [0, 0.1) is 13.8 Å². The van der Waals surface area contributed by atoms with Gasteiger partial charge >= 0.3 is 0 Å². The lowest BCUT2D eigenvalue weighted by Crippen LogP contribution is -2.27. The molecule has 0 radical (unpaired) electrons. The van der Waals surface area contributed by atoms with Crippen molar-refractivity contribution in [1.82, 2.24) is 15.3 Å². The second-order valence-electron chi connectivity index (χ2n) is 5.00. The Morgan fingerprint density at radius 1 is 1.12 bits per heavy atom. The fraction of sp³-hybridized carbons (Fsp3) is 0.714. The van der Waals surface area contributed by atoms with Gasteiger partial charge in [-0.25, -0.2) is 9.97 Å². The molecule has 0 amide bonds. The van der Waals surface area contributed by atoms with Crippen LogP contribution in [0.5, 0.6) is 0 Å². The number of aromatic nitrogens is 2. The van der Waals surface area contributed by atoms with Gasteiger partial charge < -0.3 is 5.32 Å². The molecular formula is C14H23N3. The van der Waals surface area contributed by atoms with Gasteiger partial charge in [-0.1, -0.05) is 6.92 Å². The molecule has 17 heavy (non-hydrogen) atoms. The predicted molar refractivity (Wildman–Crippen MR) is 70.3 cm³/mol. The van der Waals surface area contributed by atoms with Crippen LogP contribution in [-0.2, 0) is 6.42 Å². The minimum atomic E-state index is 0.659. The first kappa shape index (κ1) is 12.5. The van der Waals surface area contributed by atoms with E-state index in [9.17, 15) is 0 Å². The molecule has 0 aliphatic carbocycles. The first-order chi connectivity index (χ1) is 8.22. The molecule has 1 aliphatic heterocycles. The number of piperidine rings is 1. The second-order valence-corrected chi connectivity index (χ2v) is 5.00. The topological polar surface area (TPSA) is 37.8 Å². The number of rotatable bonds is 3. The molecule has 3 nitrogen and oxygen atoms in total. The molecule has 0 atom stereocenters. The predicted octanol–water partition coefficient (Wildman–Crippen LogP) is 2.51. The fourth-order valence-electron chi connectivity index (χ4n) is 2.83. The molecular weight excluding hydrogens is 210 g/mol. The van der Waals surface area contributed by atoms with Crippen LogP contribution in [0.2, 0.25) is 0 Å². The van der Waals surface area contributed by atoms with Crippen LogP contribution in [0.1, 0.15) is 54.9 Å². The van der Waals surface area contributed by atoms with Crippen LogP contribution >= 0.6 is 0 Å². The standard InChI is InChI=1S/C14H23N3/c1-4-5-13-16-10(2)14(11(3)17-13)12-6-8-15-9-7-12/h12,15H,4-9H2,1-3H3. The molecule has 0 spiro atoms. The summed E-state index contributed by atoms with van der Waals surface area (Å²) in [4.78, 5) is 9.33. The normalized spacial score (nSPS) is 17.4. The van der Waals surface area contributed by atoms with E-state index in [1.165, 1.54) is 29.8 Å². The third-order valence-electron chi connectivity index (χ3n) is 3.59. The first-order valence-electron chi connectivity index (χ1n) is 6.77.